The van der Waals surface area contributed by atoms with Gasteiger partial charge in [0.2, 0.25) is 0 Å². The predicted octanol–water partition coefficient (Wildman–Crippen LogP) is 3.96. The van der Waals surface area contributed by atoms with Gasteiger partial charge in [-0.15, -0.1) is 0 Å². The first kappa shape index (κ1) is 18.2. The summed E-state index contributed by atoms with van der Waals surface area (Å²) in [6.07, 6.45) is 1.21. The largest absolute Gasteiger partial charge is 0.358 e. The molecule has 1 rings (SSSR count). The third-order valence-electron chi connectivity index (χ3n) is 2.37. The van der Waals surface area contributed by atoms with E-state index in [2.05, 4.69) is 27.7 Å². The molecule has 0 aromatic carbocycles. The van der Waals surface area contributed by atoms with Gasteiger partial charge in [-0.25, -0.2) is 0 Å². The van der Waals surface area contributed by atoms with Crippen molar-refractivity contribution in [2.75, 3.05) is 0 Å². The van der Waals surface area contributed by atoms with E-state index >= 15 is 0 Å². The van der Waals surface area contributed by atoms with Crippen molar-refractivity contribution in [2.24, 2.45) is 0 Å². The maximum atomic E-state index is 2.22. The molecule has 0 nitrogen and oxygen atoms in total. The van der Waals surface area contributed by atoms with Gasteiger partial charge < -0.3 is 14.9 Å². The van der Waals surface area contributed by atoms with Gasteiger partial charge in [-0.3, -0.25) is 0 Å². The second kappa shape index (κ2) is 6.82. The van der Waals surface area contributed by atoms with Crippen LogP contribution in [0.25, 0.3) is 0 Å². The van der Waals surface area contributed by atoms with Crippen molar-refractivity contribution in [3.63, 3.8) is 0 Å². The molecule has 1 heteroatoms. The van der Waals surface area contributed by atoms with Gasteiger partial charge in [0.1, 0.15) is 0 Å². The summed E-state index contributed by atoms with van der Waals surface area (Å²) >= 11 is 0. The maximum Gasteiger partial charge on any atom is 0 e. The Bertz CT molecular complexity index is 175. The van der Waals surface area contributed by atoms with Crippen molar-refractivity contribution in [2.45, 2.75) is 34.1 Å². The Morgan fingerprint density at radius 2 is 1.00 bits per heavy atom. The van der Waals surface area contributed by atoms with Gasteiger partial charge in [0, 0.05) is 25.8 Å². The molecule has 0 spiro atoms. The van der Waals surface area contributed by atoms with Crippen LogP contribution in [0.5, 0.6) is 0 Å². The molecule has 0 atom stereocenters. The molecule has 0 fully saturated rings. The normalized spacial score (nSPS) is 15.0. The van der Waals surface area contributed by atoms with Crippen LogP contribution in [-0.4, -0.2) is 0 Å². The standard InChI is InChI=1S/C9H14.2CH3.Hf/c1-6-5-7(2)9(4)8(6)3;;;/h5H2,1-4H3;2*1H3;/q;2*-1;. The fourth-order valence-electron chi connectivity index (χ4n) is 1.30. The summed E-state index contributed by atoms with van der Waals surface area (Å²) in [5.41, 5.74) is 6.11. The van der Waals surface area contributed by atoms with E-state index < -0.39 is 0 Å². The molecular weight excluding hydrogens is 311 g/mol. The van der Waals surface area contributed by atoms with E-state index in [1.165, 1.54) is 17.6 Å². The molecule has 0 unspecified atom stereocenters. The predicted molar refractivity (Wildman–Crippen MR) is 54.2 cm³/mol. The van der Waals surface area contributed by atoms with Gasteiger partial charge in [-0.2, -0.15) is 0 Å². The van der Waals surface area contributed by atoms with E-state index in [0.29, 0.717) is 0 Å². The van der Waals surface area contributed by atoms with Crippen LogP contribution in [0, 0.1) is 14.9 Å². The number of allylic oxidation sites excluding steroid dienone is 4. The second-order valence-electron chi connectivity index (χ2n) is 2.99. The Hall–Kier alpha value is 0.350. The fraction of sp³-hybridized carbons (Fsp3) is 0.455. The van der Waals surface area contributed by atoms with Crippen molar-refractivity contribution in [3.8, 4) is 0 Å². The van der Waals surface area contributed by atoms with Crippen molar-refractivity contribution in [1.82, 2.24) is 0 Å². The minimum Gasteiger partial charge on any atom is -0.358 e. The minimum absolute atomic E-state index is 0. The Morgan fingerprint density at radius 1 is 0.750 bits per heavy atom. The average Bonchev–Trinajstić information content (AvgIpc) is 1.98. The molecule has 0 radical (unpaired) electrons. The van der Waals surface area contributed by atoms with E-state index in [-0.39, 0.29) is 40.7 Å². The van der Waals surface area contributed by atoms with Crippen LogP contribution >= 0.6 is 0 Å². The Balaban J connectivity index is -0.000000270. The van der Waals surface area contributed by atoms with Gasteiger partial charge in [0.25, 0.3) is 0 Å². The first-order valence-corrected chi connectivity index (χ1v) is 3.46. The third kappa shape index (κ3) is 3.38. The van der Waals surface area contributed by atoms with Crippen LogP contribution in [-0.2, 0) is 25.8 Å². The van der Waals surface area contributed by atoms with Crippen molar-refractivity contribution in [3.05, 3.63) is 37.1 Å². The topological polar surface area (TPSA) is 0 Å². The van der Waals surface area contributed by atoms with Gasteiger partial charge in [0.15, 0.2) is 0 Å². The summed E-state index contributed by atoms with van der Waals surface area (Å²) in [7, 11) is 0. The van der Waals surface area contributed by atoms with Crippen LogP contribution in [0.15, 0.2) is 22.3 Å². The summed E-state index contributed by atoms with van der Waals surface area (Å²) in [5, 5.41) is 0. The molecule has 0 N–H and O–H groups in total. The molecule has 0 saturated heterocycles. The van der Waals surface area contributed by atoms with Gasteiger partial charge >= 0.3 is 0 Å². The molecule has 0 aromatic heterocycles. The third-order valence-corrected chi connectivity index (χ3v) is 2.37. The number of hydrogen-bond donors (Lipinski definition) is 0. The Kier molecular flexibility index (Phi) is 10.3. The fourth-order valence-corrected chi connectivity index (χ4v) is 1.30. The average molecular weight is 331 g/mol. The molecule has 0 aromatic rings. The second-order valence-corrected chi connectivity index (χ2v) is 2.99. The molecule has 0 bridgehead atoms. The van der Waals surface area contributed by atoms with Gasteiger partial charge in [-0.1, -0.05) is 11.1 Å². The molecule has 1 aliphatic carbocycles. The van der Waals surface area contributed by atoms with Gasteiger partial charge in [0.05, 0.1) is 0 Å². The molecule has 70 valence electrons. The number of rotatable bonds is 0. The summed E-state index contributed by atoms with van der Waals surface area (Å²) in [6.45, 7) is 8.85. The maximum absolute atomic E-state index is 2.22. The van der Waals surface area contributed by atoms with E-state index in [1.807, 2.05) is 0 Å². The zero-order valence-electron chi connectivity index (χ0n) is 9.21. The first-order valence-electron chi connectivity index (χ1n) is 3.46. The molecule has 0 aliphatic heterocycles. The van der Waals surface area contributed by atoms with Crippen LogP contribution in [0.4, 0.5) is 0 Å². The molecule has 0 saturated carbocycles. The summed E-state index contributed by atoms with van der Waals surface area (Å²) in [4.78, 5) is 0. The van der Waals surface area contributed by atoms with Crippen LogP contribution < -0.4 is 0 Å². The monoisotopic (exact) mass is 332 g/mol. The zero-order valence-corrected chi connectivity index (χ0v) is 12.8. The Labute approximate surface area is 96.9 Å². The molecule has 0 amide bonds. The van der Waals surface area contributed by atoms with Crippen LogP contribution in [0.1, 0.15) is 34.1 Å². The van der Waals surface area contributed by atoms with Crippen LogP contribution in [0.2, 0.25) is 0 Å². The summed E-state index contributed by atoms with van der Waals surface area (Å²) in [5.74, 6) is 0. The smallest absolute Gasteiger partial charge is 0 e. The molecule has 1 aliphatic rings. The van der Waals surface area contributed by atoms with E-state index in [4.69, 9.17) is 0 Å². The molecular formula is C11H20Hf-2. The van der Waals surface area contributed by atoms with E-state index in [0.717, 1.165) is 0 Å². The van der Waals surface area contributed by atoms with Gasteiger partial charge in [-0.05, 0) is 45.3 Å². The first-order chi connectivity index (χ1) is 4.13. The molecule has 0 heterocycles. The van der Waals surface area contributed by atoms with E-state index in [9.17, 15) is 0 Å². The van der Waals surface area contributed by atoms with E-state index in [1.54, 1.807) is 11.1 Å². The number of hydrogen-bond acceptors (Lipinski definition) is 0. The SMILES string of the molecule is CC1=C(C)C(C)=C(C)C1.[CH3-].[CH3-].[Hf]. The quantitative estimate of drug-likeness (QED) is 0.466. The van der Waals surface area contributed by atoms with Crippen molar-refractivity contribution < 1.29 is 25.8 Å². The minimum atomic E-state index is 0. The summed E-state index contributed by atoms with van der Waals surface area (Å²) in [6, 6.07) is 0. The Morgan fingerprint density at radius 3 is 1.08 bits per heavy atom. The zero-order chi connectivity index (χ0) is 7.02. The summed E-state index contributed by atoms with van der Waals surface area (Å²) < 4.78 is 0. The molecule has 12 heavy (non-hydrogen) atoms. The van der Waals surface area contributed by atoms with Crippen molar-refractivity contribution >= 4 is 0 Å². The van der Waals surface area contributed by atoms with Crippen LogP contribution in [0.3, 0.4) is 0 Å². The van der Waals surface area contributed by atoms with Crippen molar-refractivity contribution in [1.29, 1.82) is 0 Å².